The van der Waals surface area contributed by atoms with Gasteiger partial charge in [-0.2, -0.15) is 0 Å². The van der Waals surface area contributed by atoms with Gasteiger partial charge in [0, 0.05) is 24.8 Å². The molecule has 0 saturated heterocycles. The Balaban J connectivity index is 1.93. The molecule has 4 nitrogen and oxygen atoms in total. The largest absolute Gasteiger partial charge is 0.396 e. The summed E-state index contributed by atoms with van der Waals surface area (Å²) in [6.45, 7) is 1.11. The number of hydrogen-bond donors (Lipinski definition) is 2. The number of nitrogens with zero attached hydrogens (tertiary/aromatic N) is 2. The minimum atomic E-state index is 0.273. The number of rotatable bonds is 8. The lowest BCUT2D eigenvalue weighted by Gasteiger charge is -2.08. The fourth-order valence-corrected chi connectivity index (χ4v) is 2.21. The summed E-state index contributed by atoms with van der Waals surface area (Å²) >= 11 is 6.06. The zero-order valence-corrected chi connectivity index (χ0v) is 12.7. The molecule has 0 unspecified atom stereocenters. The molecule has 0 saturated carbocycles. The number of benzene rings is 1. The summed E-state index contributed by atoms with van der Waals surface area (Å²) in [6.07, 6.45) is 4.07. The van der Waals surface area contributed by atoms with Gasteiger partial charge in [0.1, 0.15) is 11.0 Å². The van der Waals surface area contributed by atoms with E-state index >= 15 is 0 Å². The van der Waals surface area contributed by atoms with Gasteiger partial charge in [-0.15, -0.1) is 0 Å². The molecule has 0 spiro atoms. The van der Waals surface area contributed by atoms with Crippen LogP contribution in [0.1, 0.15) is 25.7 Å². The standard InChI is InChI=1S/C16H20ClN3O/c17-14-12-15(18-10-6-1-2-7-11-21)20-16(19-14)13-8-4-3-5-9-13/h3-5,8-9,12,21H,1-2,6-7,10-11H2,(H,18,19,20). The maximum Gasteiger partial charge on any atom is 0.163 e. The summed E-state index contributed by atoms with van der Waals surface area (Å²) in [6, 6.07) is 11.5. The van der Waals surface area contributed by atoms with Crippen molar-refractivity contribution in [3.63, 3.8) is 0 Å². The van der Waals surface area contributed by atoms with Gasteiger partial charge in [-0.1, -0.05) is 54.8 Å². The number of anilines is 1. The van der Waals surface area contributed by atoms with Crippen molar-refractivity contribution in [1.82, 2.24) is 9.97 Å². The molecule has 2 aromatic rings. The van der Waals surface area contributed by atoms with E-state index in [0.29, 0.717) is 11.0 Å². The number of nitrogens with one attached hydrogen (secondary N) is 1. The Morgan fingerprint density at radius 3 is 2.52 bits per heavy atom. The minimum absolute atomic E-state index is 0.273. The summed E-state index contributed by atoms with van der Waals surface area (Å²) in [5.74, 6) is 1.38. The predicted octanol–water partition coefficient (Wildman–Crippen LogP) is 3.76. The molecule has 2 rings (SSSR count). The second kappa shape index (κ2) is 8.60. The summed E-state index contributed by atoms with van der Waals surface area (Å²) in [4.78, 5) is 8.75. The summed E-state index contributed by atoms with van der Waals surface area (Å²) < 4.78 is 0. The lowest BCUT2D eigenvalue weighted by atomic mass is 10.2. The number of unbranched alkanes of at least 4 members (excludes halogenated alkanes) is 3. The third-order valence-corrected chi connectivity index (χ3v) is 3.31. The van der Waals surface area contributed by atoms with E-state index in [-0.39, 0.29) is 6.61 Å². The minimum Gasteiger partial charge on any atom is -0.396 e. The van der Waals surface area contributed by atoms with Crippen LogP contribution in [-0.4, -0.2) is 28.2 Å². The van der Waals surface area contributed by atoms with Crippen LogP contribution >= 0.6 is 11.6 Å². The van der Waals surface area contributed by atoms with E-state index in [1.807, 2.05) is 30.3 Å². The first-order chi connectivity index (χ1) is 10.3. The van der Waals surface area contributed by atoms with Crippen molar-refractivity contribution in [2.24, 2.45) is 0 Å². The lowest BCUT2D eigenvalue weighted by molar-refractivity contribution is 0.283. The van der Waals surface area contributed by atoms with Gasteiger partial charge >= 0.3 is 0 Å². The van der Waals surface area contributed by atoms with Crippen LogP contribution < -0.4 is 5.32 Å². The second-order valence-corrected chi connectivity index (χ2v) is 5.22. The zero-order chi connectivity index (χ0) is 14.9. The van der Waals surface area contributed by atoms with Crippen molar-refractivity contribution < 1.29 is 5.11 Å². The van der Waals surface area contributed by atoms with Gasteiger partial charge < -0.3 is 10.4 Å². The average molecular weight is 306 g/mol. The molecule has 1 heterocycles. The smallest absolute Gasteiger partial charge is 0.163 e. The molecule has 0 bridgehead atoms. The van der Waals surface area contributed by atoms with Crippen LogP contribution in [0.4, 0.5) is 5.82 Å². The van der Waals surface area contributed by atoms with Gasteiger partial charge in [-0.3, -0.25) is 0 Å². The van der Waals surface area contributed by atoms with Crippen molar-refractivity contribution >= 4 is 17.4 Å². The number of aliphatic hydroxyl groups excluding tert-OH is 1. The first kappa shape index (κ1) is 15.7. The Morgan fingerprint density at radius 1 is 1.00 bits per heavy atom. The lowest BCUT2D eigenvalue weighted by Crippen LogP contribution is -2.05. The number of hydrogen-bond acceptors (Lipinski definition) is 4. The normalized spacial score (nSPS) is 10.6. The van der Waals surface area contributed by atoms with Gasteiger partial charge in [-0.25, -0.2) is 9.97 Å². The molecule has 0 aliphatic heterocycles. The maximum atomic E-state index is 8.72. The van der Waals surface area contributed by atoms with Crippen LogP contribution in [0, 0.1) is 0 Å². The third-order valence-electron chi connectivity index (χ3n) is 3.12. The second-order valence-electron chi connectivity index (χ2n) is 4.83. The molecule has 0 fully saturated rings. The molecule has 21 heavy (non-hydrogen) atoms. The van der Waals surface area contributed by atoms with Gasteiger partial charge in [0.25, 0.3) is 0 Å². The molecule has 0 aliphatic rings. The topological polar surface area (TPSA) is 58.0 Å². The Hall–Kier alpha value is -1.65. The first-order valence-electron chi connectivity index (χ1n) is 7.24. The van der Waals surface area contributed by atoms with E-state index in [2.05, 4.69) is 15.3 Å². The summed E-state index contributed by atoms with van der Waals surface area (Å²) in [5.41, 5.74) is 0.950. The van der Waals surface area contributed by atoms with Crippen molar-refractivity contribution in [3.8, 4) is 11.4 Å². The van der Waals surface area contributed by atoms with Gasteiger partial charge in [0.15, 0.2) is 5.82 Å². The maximum absolute atomic E-state index is 8.72. The quantitative estimate of drug-likeness (QED) is 0.576. The number of aliphatic hydroxyl groups is 1. The van der Waals surface area contributed by atoms with Crippen LogP contribution in [0.15, 0.2) is 36.4 Å². The van der Waals surface area contributed by atoms with E-state index in [9.17, 15) is 0 Å². The molecule has 0 radical (unpaired) electrons. The van der Waals surface area contributed by atoms with E-state index in [4.69, 9.17) is 16.7 Å². The van der Waals surface area contributed by atoms with Gasteiger partial charge in [0.2, 0.25) is 0 Å². The highest BCUT2D eigenvalue weighted by Crippen LogP contribution is 2.20. The molecule has 1 aromatic heterocycles. The molecule has 2 N–H and O–H groups in total. The molecule has 112 valence electrons. The summed E-state index contributed by atoms with van der Waals surface area (Å²) in [7, 11) is 0. The SMILES string of the molecule is OCCCCCCNc1cc(Cl)nc(-c2ccccc2)n1. The van der Waals surface area contributed by atoms with Crippen molar-refractivity contribution in [2.45, 2.75) is 25.7 Å². The predicted molar refractivity (Wildman–Crippen MR) is 86.5 cm³/mol. The van der Waals surface area contributed by atoms with E-state index in [1.165, 1.54) is 0 Å². The van der Waals surface area contributed by atoms with E-state index in [1.54, 1.807) is 6.07 Å². The fraction of sp³-hybridized carbons (Fsp3) is 0.375. The fourth-order valence-electron chi connectivity index (χ4n) is 2.03. The van der Waals surface area contributed by atoms with Crippen LogP contribution in [0.5, 0.6) is 0 Å². The zero-order valence-electron chi connectivity index (χ0n) is 11.9. The summed E-state index contributed by atoms with van der Waals surface area (Å²) in [5, 5.41) is 12.4. The Bertz CT molecular complexity index is 548. The average Bonchev–Trinajstić information content (AvgIpc) is 2.51. The molecule has 0 aliphatic carbocycles. The monoisotopic (exact) mass is 305 g/mol. The van der Waals surface area contributed by atoms with Gasteiger partial charge in [0.05, 0.1) is 0 Å². The highest BCUT2D eigenvalue weighted by molar-refractivity contribution is 6.29. The molecule has 0 atom stereocenters. The van der Waals surface area contributed by atoms with Crippen molar-refractivity contribution in [3.05, 3.63) is 41.6 Å². The van der Waals surface area contributed by atoms with Crippen molar-refractivity contribution in [1.29, 1.82) is 0 Å². The highest BCUT2D eigenvalue weighted by Gasteiger charge is 2.05. The Kier molecular flexibility index (Phi) is 6.44. The van der Waals surface area contributed by atoms with Crippen LogP contribution in [0.2, 0.25) is 5.15 Å². The Morgan fingerprint density at radius 2 is 1.76 bits per heavy atom. The van der Waals surface area contributed by atoms with Crippen LogP contribution in [-0.2, 0) is 0 Å². The Labute approximate surface area is 130 Å². The highest BCUT2D eigenvalue weighted by atomic mass is 35.5. The van der Waals surface area contributed by atoms with E-state index < -0.39 is 0 Å². The molecular weight excluding hydrogens is 286 g/mol. The molecule has 5 heteroatoms. The molecule has 0 amide bonds. The van der Waals surface area contributed by atoms with Crippen molar-refractivity contribution in [2.75, 3.05) is 18.5 Å². The molecular formula is C16H20ClN3O. The third kappa shape index (κ3) is 5.33. The van der Waals surface area contributed by atoms with E-state index in [0.717, 1.165) is 43.6 Å². The number of aromatic nitrogens is 2. The van der Waals surface area contributed by atoms with Gasteiger partial charge in [-0.05, 0) is 12.8 Å². The first-order valence-corrected chi connectivity index (χ1v) is 7.62. The molecule has 1 aromatic carbocycles. The van der Waals surface area contributed by atoms with Crippen LogP contribution in [0.3, 0.4) is 0 Å². The number of halogens is 1. The van der Waals surface area contributed by atoms with Crippen LogP contribution in [0.25, 0.3) is 11.4 Å².